The fraction of sp³-hybridized carbons (Fsp3) is 0.250. The largest absolute Gasteiger partial charge is 0.496 e. The van der Waals surface area contributed by atoms with Crippen molar-refractivity contribution in [3.05, 3.63) is 68.2 Å². The number of rotatable bonds is 2. The molecule has 0 bridgehead atoms. The fourth-order valence-corrected chi connectivity index (χ4v) is 3.60. The predicted octanol–water partition coefficient (Wildman–Crippen LogP) is 5.29. The average molecular weight is 371 g/mol. The van der Waals surface area contributed by atoms with Crippen LogP contribution in [0.1, 0.15) is 39.0 Å². The predicted molar refractivity (Wildman–Crippen MR) is 97.2 cm³/mol. The first-order chi connectivity index (χ1) is 11.0. The first-order valence-corrected chi connectivity index (χ1v) is 8.48. The summed E-state index contributed by atoms with van der Waals surface area (Å²) in [6.45, 7) is 4.13. The summed E-state index contributed by atoms with van der Waals surface area (Å²) in [6.07, 6.45) is 3.65. The summed E-state index contributed by atoms with van der Waals surface area (Å²) in [4.78, 5) is 12.9. The average Bonchev–Trinajstić information content (AvgIpc) is 2.51. The highest BCUT2D eigenvalue weighted by Crippen LogP contribution is 2.32. The summed E-state index contributed by atoms with van der Waals surface area (Å²) in [5.41, 5.74) is 6.17. The number of carbonyl (C=O) groups is 1. The maximum Gasteiger partial charge on any atom is 0.189 e. The highest BCUT2D eigenvalue weighted by atomic mass is 79.9. The van der Waals surface area contributed by atoms with Crippen LogP contribution in [0.2, 0.25) is 0 Å². The number of carbonyl (C=O) groups excluding carboxylic acids is 1. The standard InChI is InChI=1S/C20H19BrO2/c1-12-8-13(2)17-6-4-14(20(22)18(17)9-12)10-15-11-16(21)5-7-19(15)23-3/h5,7-11H,4,6H2,1-3H3/b14-10-. The van der Waals surface area contributed by atoms with Gasteiger partial charge in [-0.1, -0.05) is 27.6 Å². The van der Waals surface area contributed by atoms with Crippen molar-refractivity contribution in [3.8, 4) is 5.75 Å². The maximum atomic E-state index is 12.9. The van der Waals surface area contributed by atoms with Crippen molar-refractivity contribution in [1.82, 2.24) is 0 Å². The molecule has 0 saturated carbocycles. The quantitative estimate of drug-likeness (QED) is 0.671. The molecule has 118 valence electrons. The van der Waals surface area contributed by atoms with E-state index in [4.69, 9.17) is 4.74 Å². The van der Waals surface area contributed by atoms with E-state index in [1.165, 1.54) is 11.1 Å². The number of fused-ring (bicyclic) bond motifs is 1. The van der Waals surface area contributed by atoms with Crippen LogP contribution >= 0.6 is 15.9 Å². The van der Waals surface area contributed by atoms with E-state index in [0.717, 1.165) is 45.3 Å². The van der Waals surface area contributed by atoms with Crippen LogP contribution < -0.4 is 4.74 Å². The van der Waals surface area contributed by atoms with Crippen LogP contribution in [-0.2, 0) is 6.42 Å². The highest BCUT2D eigenvalue weighted by molar-refractivity contribution is 9.10. The Morgan fingerprint density at radius 3 is 2.65 bits per heavy atom. The maximum absolute atomic E-state index is 12.9. The molecule has 0 spiro atoms. The first kappa shape index (κ1) is 16.0. The van der Waals surface area contributed by atoms with Crippen molar-refractivity contribution < 1.29 is 9.53 Å². The molecule has 1 aliphatic carbocycles. The van der Waals surface area contributed by atoms with Gasteiger partial charge in [-0.25, -0.2) is 0 Å². The Morgan fingerprint density at radius 1 is 1.13 bits per heavy atom. The number of aryl methyl sites for hydroxylation is 2. The molecule has 0 amide bonds. The molecule has 0 aromatic heterocycles. The summed E-state index contributed by atoms with van der Waals surface area (Å²) >= 11 is 3.48. The molecule has 0 unspecified atom stereocenters. The molecule has 0 atom stereocenters. The Labute approximate surface area is 145 Å². The molecule has 0 heterocycles. The van der Waals surface area contributed by atoms with Gasteiger partial charge in [-0.3, -0.25) is 4.79 Å². The van der Waals surface area contributed by atoms with Gasteiger partial charge in [-0.15, -0.1) is 0 Å². The van der Waals surface area contributed by atoms with Crippen molar-refractivity contribution >= 4 is 27.8 Å². The number of ketones is 1. The van der Waals surface area contributed by atoms with Crippen LogP contribution in [0.5, 0.6) is 5.75 Å². The zero-order valence-electron chi connectivity index (χ0n) is 13.6. The molecule has 0 fully saturated rings. The molecule has 3 rings (SSSR count). The molecular formula is C20H19BrO2. The Balaban J connectivity index is 2.06. The molecule has 0 radical (unpaired) electrons. The summed E-state index contributed by atoms with van der Waals surface area (Å²) in [6, 6.07) is 9.99. The molecule has 23 heavy (non-hydrogen) atoms. The van der Waals surface area contributed by atoms with Gasteiger partial charge in [0.2, 0.25) is 0 Å². The second-order valence-electron chi connectivity index (χ2n) is 5.99. The van der Waals surface area contributed by atoms with Crippen molar-refractivity contribution in [3.63, 3.8) is 0 Å². The third kappa shape index (κ3) is 3.11. The van der Waals surface area contributed by atoms with E-state index in [2.05, 4.69) is 28.9 Å². The van der Waals surface area contributed by atoms with Crippen LogP contribution in [0.15, 0.2) is 40.4 Å². The number of benzene rings is 2. The summed E-state index contributed by atoms with van der Waals surface area (Å²) in [7, 11) is 1.65. The van der Waals surface area contributed by atoms with Crippen LogP contribution in [-0.4, -0.2) is 12.9 Å². The van der Waals surface area contributed by atoms with Crippen molar-refractivity contribution in [2.24, 2.45) is 0 Å². The minimum Gasteiger partial charge on any atom is -0.496 e. The van der Waals surface area contributed by atoms with E-state index in [-0.39, 0.29) is 5.78 Å². The van der Waals surface area contributed by atoms with Gasteiger partial charge in [0.25, 0.3) is 0 Å². The molecule has 0 N–H and O–H groups in total. The number of methoxy groups -OCH3 is 1. The molecule has 0 saturated heterocycles. The molecule has 3 heteroatoms. The van der Waals surface area contributed by atoms with E-state index < -0.39 is 0 Å². The Bertz CT molecular complexity index is 819. The van der Waals surface area contributed by atoms with Gasteiger partial charge in [-0.2, -0.15) is 0 Å². The zero-order chi connectivity index (χ0) is 16.6. The molecule has 0 aliphatic heterocycles. The van der Waals surface area contributed by atoms with Crippen molar-refractivity contribution in [2.45, 2.75) is 26.7 Å². The lowest BCUT2D eigenvalue weighted by Gasteiger charge is -2.20. The highest BCUT2D eigenvalue weighted by Gasteiger charge is 2.23. The van der Waals surface area contributed by atoms with Crippen LogP contribution in [0.25, 0.3) is 6.08 Å². The first-order valence-electron chi connectivity index (χ1n) is 7.68. The van der Waals surface area contributed by atoms with Crippen molar-refractivity contribution in [1.29, 1.82) is 0 Å². The fourth-order valence-electron chi connectivity index (χ4n) is 3.22. The van der Waals surface area contributed by atoms with Gasteiger partial charge in [0.05, 0.1) is 7.11 Å². The van der Waals surface area contributed by atoms with Crippen LogP contribution in [0.3, 0.4) is 0 Å². The van der Waals surface area contributed by atoms with Crippen molar-refractivity contribution in [2.75, 3.05) is 7.11 Å². The van der Waals surface area contributed by atoms with Gasteiger partial charge >= 0.3 is 0 Å². The molecule has 1 aliphatic rings. The second-order valence-corrected chi connectivity index (χ2v) is 6.91. The number of hydrogen-bond donors (Lipinski definition) is 0. The van der Waals surface area contributed by atoms with E-state index in [1.807, 2.05) is 37.3 Å². The van der Waals surface area contributed by atoms with E-state index in [0.29, 0.717) is 0 Å². The summed E-state index contributed by atoms with van der Waals surface area (Å²) in [5.74, 6) is 0.916. The number of allylic oxidation sites excluding steroid dienone is 1. The van der Waals surface area contributed by atoms with E-state index in [1.54, 1.807) is 7.11 Å². The van der Waals surface area contributed by atoms with E-state index in [9.17, 15) is 4.79 Å². The normalized spacial score (nSPS) is 15.7. The van der Waals surface area contributed by atoms with Gasteiger partial charge in [0.1, 0.15) is 5.75 Å². The number of hydrogen-bond acceptors (Lipinski definition) is 2. The third-order valence-corrected chi connectivity index (χ3v) is 4.81. The lowest BCUT2D eigenvalue weighted by molar-refractivity contribution is 0.102. The second kappa shape index (κ2) is 6.32. The van der Waals surface area contributed by atoms with Gasteiger partial charge < -0.3 is 4.74 Å². The zero-order valence-corrected chi connectivity index (χ0v) is 15.2. The Morgan fingerprint density at radius 2 is 1.91 bits per heavy atom. The van der Waals surface area contributed by atoms with Gasteiger partial charge in [-0.05, 0) is 68.2 Å². The molecular weight excluding hydrogens is 352 g/mol. The lowest BCUT2D eigenvalue weighted by atomic mass is 9.83. The summed E-state index contributed by atoms with van der Waals surface area (Å²) in [5, 5.41) is 0. The smallest absolute Gasteiger partial charge is 0.189 e. The number of halogens is 1. The van der Waals surface area contributed by atoms with Gasteiger partial charge in [0, 0.05) is 21.2 Å². The topological polar surface area (TPSA) is 26.3 Å². The SMILES string of the molecule is COc1ccc(Br)cc1/C=C1/CCc2c(C)cc(C)cc2C1=O. The molecule has 2 nitrogen and oxygen atoms in total. The molecule has 2 aromatic rings. The number of ether oxygens (including phenoxy) is 1. The molecule has 2 aromatic carbocycles. The minimum atomic E-state index is 0.139. The number of Topliss-reactive ketones (excluding diaryl/α,β-unsaturated/α-hetero) is 1. The van der Waals surface area contributed by atoms with Crippen LogP contribution in [0.4, 0.5) is 0 Å². The Kier molecular flexibility index (Phi) is 4.40. The third-order valence-electron chi connectivity index (χ3n) is 4.32. The minimum absolute atomic E-state index is 0.139. The van der Waals surface area contributed by atoms with E-state index >= 15 is 0 Å². The monoisotopic (exact) mass is 370 g/mol. The van der Waals surface area contributed by atoms with Gasteiger partial charge in [0.15, 0.2) is 5.78 Å². The van der Waals surface area contributed by atoms with Crippen LogP contribution in [0, 0.1) is 13.8 Å². The lowest BCUT2D eigenvalue weighted by Crippen LogP contribution is -2.15. The Hall–Kier alpha value is -1.87. The summed E-state index contributed by atoms with van der Waals surface area (Å²) < 4.78 is 6.38.